The van der Waals surface area contributed by atoms with Gasteiger partial charge in [0.15, 0.2) is 0 Å². The van der Waals surface area contributed by atoms with E-state index in [1.807, 2.05) is 0 Å². The van der Waals surface area contributed by atoms with Gasteiger partial charge in [0.25, 0.3) is 10.1 Å². The Labute approximate surface area is 106 Å². The first-order valence-corrected chi connectivity index (χ1v) is 6.05. The van der Waals surface area contributed by atoms with E-state index in [9.17, 15) is 8.42 Å². The van der Waals surface area contributed by atoms with E-state index < -0.39 is 10.1 Å². The van der Waals surface area contributed by atoms with Gasteiger partial charge in [-0.25, -0.2) is 0 Å². The zero-order valence-electron chi connectivity index (χ0n) is 8.41. The van der Waals surface area contributed by atoms with Crippen LogP contribution in [-0.2, 0) is 33.8 Å². The Morgan fingerprint density at radius 1 is 1.25 bits per heavy atom. The third kappa shape index (κ3) is 9.88. The summed E-state index contributed by atoms with van der Waals surface area (Å²) in [5.41, 5.74) is 0. The molecule has 7 heteroatoms. The van der Waals surface area contributed by atoms with Crippen molar-refractivity contribution in [3.63, 3.8) is 0 Å². The molecule has 0 aromatic heterocycles. The van der Waals surface area contributed by atoms with Gasteiger partial charge in [-0.2, -0.15) is 8.42 Å². The summed E-state index contributed by atoms with van der Waals surface area (Å²) in [5, 5.41) is 7.76. The van der Waals surface area contributed by atoms with Crippen LogP contribution >= 0.6 is 0 Å². The van der Waals surface area contributed by atoms with Gasteiger partial charge in [0, 0.05) is 0 Å². The van der Waals surface area contributed by atoms with Gasteiger partial charge in [0.05, 0.1) is 11.5 Å². The van der Waals surface area contributed by atoms with Gasteiger partial charge in [-0.1, -0.05) is 24.3 Å². The standard InChI is InChI=1S/C6H6O3S.C3H6O.O.Ti/c7-10(8,9)6-4-2-1-3-5-6;1-2-3-4;;/h1-5H,(H,7,8,9);2,4H,1,3H2;;. The van der Waals surface area contributed by atoms with Crippen LogP contribution in [0.5, 0.6) is 0 Å². The van der Waals surface area contributed by atoms with Gasteiger partial charge >= 0.3 is 23.7 Å². The summed E-state index contributed by atoms with van der Waals surface area (Å²) in [5.74, 6) is 0. The average Bonchev–Trinajstić information content (AvgIpc) is 2.32. The second kappa shape index (κ2) is 10.8. The Balaban J connectivity index is 0. The molecule has 1 aromatic carbocycles. The average molecular weight is 280 g/mol. The van der Waals surface area contributed by atoms with Gasteiger partial charge in [0.1, 0.15) is 0 Å². The fourth-order valence-electron chi connectivity index (χ4n) is 0.592. The molecule has 0 aliphatic carbocycles. The number of benzene rings is 1. The third-order valence-corrected chi connectivity index (χ3v) is 2.04. The molecule has 0 atom stereocenters. The first kappa shape index (κ1) is 17.7. The van der Waals surface area contributed by atoms with Crippen molar-refractivity contribution in [1.82, 2.24) is 0 Å². The van der Waals surface area contributed by atoms with E-state index in [1.54, 1.807) is 18.2 Å². The number of aliphatic hydroxyl groups excluding tert-OH is 1. The molecule has 0 heterocycles. The molecule has 0 fully saturated rings. The minimum atomic E-state index is -4.00. The molecule has 0 unspecified atom stereocenters. The molecular weight excluding hydrogens is 268 g/mol. The van der Waals surface area contributed by atoms with Crippen LogP contribution in [-0.4, -0.2) is 24.7 Å². The van der Waals surface area contributed by atoms with Gasteiger partial charge in [-0.15, -0.1) is 6.58 Å². The van der Waals surface area contributed by atoms with Crippen molar-refractivity contribution in [3.05, 3.63) is 43.0 Å². The molecule has 0 aliphatic rings. The minimum absolute atomic E-state index is 0.0741. The Bertz CT molecular complexity index is 376. The normalized spacial score (nSPS) is 8.81. The fourth-order valence-corrected chi connectivity index (χ4v) is 1.09. The Morgan fingerprint density at radius 2 is 1.62 bits per heavy atom. The van der Waals surface area contributed by atoms with Crippen LogP contribution < -0.4 is 0 Å². The van der Waals surface area contributed by atoms with Crippen molar-refractivity contribution in [1.29, 1.82) is 0 Å². The molecule has 0 radical (unpaired) electrons. The maximum atomic E-state index is 10.4. The van der Waals surface area contributed by atoms with Crippen LogP contribution in [0, 0.1) is 0 Å². The topological polar surface area (TPSA) is 91.7 Å². The molecule has 0 saturated heterocycles. The van der Waals surface area contributed by atoms with E-state index in [2.05, 4.69) is 6.58 Å². The Kier molecular flexibility index (Phi) is 12.0. The predicted molar refractivity (Wildman–Crippen MR) is 54.2 cm³/mol. The summed E-state index contributed by atoms with van der Waals surface area (Å²) >= 11 is 0.750. The van der Waals surface area contributed by atoms with Gasteiger partial charge in [0.2, 0.25) is 0 Å². The van der Waals surface area contributed by atoms with Crippen molar-refractivity contribution >= 4 is 10.1 Å². The monoisotopic (exact) mass is 280 g/mol. The molecule has 88 valence electrons. The fraction of sp³-hybridized carbons (Fsp3) is 0.111. The van der Waals surface area contributed by atoms with Crippen LogP contribution in [0.4, 0.5) is 0 Å². The third-order valence-electron chi connectivity index (χ3n) is 1.17. The van der Waals surface area contributed by atoms with Crippen molar-refractivity contribution in [2.75, 3.05) is 6.61 Å². The van der Waals surface area contributed by atoms with Crippen molar-refractivity contribution in [3.8, 4) is 0 Å². The second-order valence-electron chi connectivity index (χ2n) is 2.26. The van der Waals surface area contributed by atoms with E-state index in [0.29, 0.717) is 0 Å². The molecule has 16 heavy (non-hydrogen) atoms. The summed E-state index contributed by atoms with van der Waals surface area (Å²) in [7, 11) is -4.00. The molecule has 5 nitrogen and oxygen atoms in total. The van der Waals surface area contributed by atoms with E-state index >= 15 is 0 Å². The zero-order chi connectivity index (χ0) is 13.0. The number of hydrogen-bond donors (Lipinski definition) is 2. The predicted octanol–water partition coefficient (Wildman–Crippen LogP) is 0.977. The summed E-state index contributed by atoms with van der Waals surface area (Å²) in [6.45, 7) is 3.31. The maximum absolute atomic E-state index is 10.4. The van der Waals surface area contributed by atoms with E-state index in [1.165, 1.54) is 18.2 Å². The number of rotatable bonds is 2. The Morgan fingerprint density at radius 3 is 1.81 bits per heavy atom. The van der Waals surface area contributed by atoms with Crippen LogP contribution in [0.3, 0.4) is 0 Å². The van der Waals surface area contributed by atoms with Crippen molar-refractivity contribution in [2.45, 2.75) is 4.90 Å². The number of hydrogen-bond acceptors (Lipinski definition) is 4. The molecule has 0 aliphatic heterocycles. The first-order valence-electron chi connectivity index (χ1n) is 3.97. The molecule has 0 spiro atoms. The van der Waals surface area contributed by atoms with Gasteiger partial charge < -0.3 is 5.11 Å². The molecule has 1 rings (SSSR count). The number of aliphatic hydroxyl groups is 1. The summed E-state index contributed by atoms with van der Waals surface area (Å²) in [4.78, 5) is -0.0741. The zero-order valence-corrected chi connectivity index (χ0v) is 10.8. The SMILES string of the molecule is C=CCO.O=S(=O)(O)c1ccccc1.[O]=[Ti]. The van der Waals surface area contributed by atoms with E-state index in [4.69, 9.17) is 13.0 Å². The summed E-state index contributed by atoms with van der Waals surface area (Å²) < 4.78 is 37.5. The second-order valence-corrected chi connectivity index (χ2v) is 3.68. The van der Waals surface area contributed by atoms with Crippen molar-refractivity contribution in [2.24, 2.45) is 0 Å². The molecule has 1 aromatic rings. The van der Waals surface area contributed by atoms with Crippen LogP contribution in [0.1, 0.15) is 0 Å². The molecule has 0 amide bonds. The van der Waals surface area contributed by atoms with E-state index in [0.717, 1.165) is 20.4 Å². The summed E-state index contributed by atoms with van der Waals surface area (Å²) in [6, 6.07) is 7.42. The quantitative estimate of drug-likeness (QED) is 0.478. The van der Waals surface area contributed by atoms with Crippen molar-refractivity contribution < 1.29 is 41.8 Å². The molecular formula is C9H12O5STi. The van der Waals surface area contributed by atoms with E-state index in [-0.39, 0.29) is 11.5 Å². The van der Waals surface area contributed by atoms with Crippen LogP contribution in [0.15, 0.2) is 47.9 Å². The summed E-state index contributed by atoms with van der Waals surface area (Å²) in [6.07, 6.45) is 1.43. The van der Waals surface area contributed by atoms with Crippen LogP contribution in [0.2, 0.25) is 0 Å². The van der Waals surface area contributed by atoms with Crippen LogP contribution in [0.25, 0.3) is 0 Å². The molecule has 0 saturated carbocycles. The molecule has 2 N–H and O–H groups in total. The molecule has 0 bridgehead atoms. The Hall–Kier alpha value is -0.656. The van der Waals surface area contributed by atoms with Gasteiger partial charge in [-0.05, 0) is 12.1 Å². The van der Waals surface area contributed by atoms with Gasteiger partial charge in [-0.3, -0.25) is 4.55 Å². The first-order chi connectivity index (χ1) is 7.52.